The molecule has 2 N–H and O–H groups in total. The van der Waals surface area contributed by atoms with Crippen molar-refractivity contribution >= 4 is 5.91 Å². The number of amides is 1. The fourth-order valence-electron chi connectivity index (χ4n) is 2.31. The van der Waals surface area contributed by atoms with Gasteiger partial charge in [-0.2, -0.15) is 0 Å². The molecule has 2 unspecified atom stereocenters. The number of carbonyl (C=O) groups is 1. The summed E-state index contributed by atoms with van der Waals surface area (Å²) < 4.78 is 10.6. The van der Waals surface area contributed by atoms with Gasteiger partial charge in [-0.25, -0.2) is 0 Å². The lowest BCUT2D eigenvalue weighted by atomic mass is 9.94. The van der Waals surface area contributed by atoms with Gasteiger partial charge in [0, 0.05) is 39.2 Å². The Morgan fingerprint density at radius 1 is 1.41 bits per heavy atom. The zero-order chi connectivity index (χ0) is 12.3. The van der Waals surface area contributed by atoms with Gasteiger partial charge >= 0.3 is 0 Å². The Kier molecular flexibility index (Phi) is 4.01. The molecule has 2 saturated heterocycles. The Labute approximate surface area is 101 Å². The van der Waals surface area contributed by atoms with E-state index in [9.17, 15) is 9.90 Å². The molecular weight excluding hydrogens is 222 g/mol. The summed E-state index contributed by atoms with van der Waals surface area (Å²) in [6, 6.07) is 0. The summed E-state index contributed by atoms with van der Waals surface area (Å²) >= 11 is 0. The van der Waals surface area contributed by atoms with Gasteiger partial charge < -0.3 is 19.9 Å². The van der Waals surface area contributed by atoms with Gasteiger partial charge in [-0.3, -0.25) is 4.79 Å². The molecule has 2 atom stereocenters. The Morgan fingerprint density at radius 2 is 2.12 bits per heavy atom. The lowest BCUT2D eigenvalue weighted by Gasteiger charge is -2.32. The van der Waals surface area contributed by atoms with E-state index < -0.39 is 5.60 Å². The number of ether oxygens (including phenoxy) is 2. The molecule has 0 aromatic carbocycles. The number of rotatable bonds is 3. The van der Waals surface area contributed by atoms with Crippen molar-refractivity contribution in [2.45, 2.75) is 37.9 Å². The summed E-state index contributed by atoms with van der Waals surface area (Å²) in [5, 5.41) is 13.0. The van der Waals surface area contributed by atoms with Crippen LogP contribution in [-0.2, 0) is 14.3 Å². The zero-order valence-corrected chi connectivity index (χ0v) is 10.3. The topological polar surface area (TPSA) is 67.8 Å². The van der Waals surface area contributed by atoms with Gasteiger partial charge in [-0.1, -0.05) is 6.92 Å². The van der Waals surface area contributed by atoms with Crippen LogP contribution in [0.5, 0.6) is 0 Å². The highest BCUT2D eigenvalue weighted by Gasteiger charge is 2.34. The third-order valence-corrected chi connectivity index (χ3v) is 3.66. The highest BCUT2D eigenvalue weighted by atomic mass is 16.5. The van der Waals surface area contributed by atoms with Crippen LogP contribution in [0.4, 0.5) is 0 Å². The largest absolute Gasteiger partial charge is 0.388 e. The van der Waals surface area contributed by atoms with E-state index in [1.807, 2.05) is 6.92 Å². The molecule has 0 bridgehead atoms. The first-order valence-electron chi connectivity index (χ1n) is 6.30. The predicted molar refractivity (Wildman–Crippen MR) is 61.5 cm³/mol. The Balaban J connectivity index is 1.79. The molecule has 2 rings (SSSR count). The van der Waals surface area contributed by atoms with Crippen molar-refractivity contribution in [2.75, 3.05) is 26.4 Å². The number of aliphatic hydroxyl groups is 1. The monoisotopic (exact) mass is 243 g/mol. The number of hydrogen-bond acceptors (Lipinski definition) is 4. The van der Waals surface area contributed by atoms with E-state index in [1.165, 1.54) is 0 Å². The van der Waals surface area contributed by atoms with E-state index in [-0.39, 0.29) is 17.9 Å². The van der Waals surface area contributed by atoms with Gasteiger partial charge in [0.1, 0.15) is 6.10 Å². The fourth-order valence-corrected chi connectivity index (χ4v) is 2.31. The second-order valence-corrected chi connectivity index (χ2v) is 5.11. The summed E-state index contributed by atoms with van der Waals surface area (Å²) in [5.74, 6) is 0.161. The van der Waals surface area contributed by atoms with E-state index in [0.29, 0.717) is 39.2 Å². The molecule has 5 heteroatoms. The third kappa shape index (κ3) is 3.18. The molecule has 5 nitrogen and oxygen atoms in total. The summed E-state index contributed by atoms with van der Waals surface area (Å²) in [5.41, 5.74) is -0.810. The standard InChI is InChI=1S/C12H21NO4/c1-9-2-5-17-10(9)11(14)13-8-12(15)3-6-16-7-4-12/h9-10,15H,2-8H2,1H3,(H,13,14). The van der Waals surface area contributed by atoms with E-state index in [0.717, 1.165) is 6.42 Å². The predicted octanol–water partition coefficient (Wildman–Crippen LogP) is 0.0691. The molecule has 0 saturated carbocycles. The van der Waals surface area contributed by atoms with Crippen molar-refractivity contribution in [2.24, 2.45) is 5.92 Å². The van der Waals surface area contributed by atoms with Crippen LogP contribution in [0.25, 0.3) is 0 Å². The van der Waals surface area contributed by atoms with Crippen molar-refractivity contribution in [3.63, 3.8) is 0 Å². The molecule has 0 aliphatic carbocycles. The Hall–Kier alpha value is -0.650. The number of nitrogens with one attached hydrogen (secondary N) is 1. The molecule has 2 fully saturated rings. The van der Waals surface area contributed by atoms with Crippen molar-refractivity contribution in [3.8, 4) is 0 Å². The minimum absolute atomic E-state index is 0.102. The van der Waals surface area contributed by atoms with Crippen molar-refractivity contribution < 1.29 is 19.4 Å². The first-order chi connectivity index (χ1) is 8.11. The van der Waals surface area contributed by atoms with Gasteiger partial charge in [0.15, 0.2) is 0 Å². The highest BCUT2D eigenvalue weighted by Crippen LogP contribution is 2.22. The number of hydrogen-bond donors (Lipinski definition) is 2. The SMILES string of the molecule is CC1CCOC1C(=O)NCC1(O)CCOCC1. The summed E-state index contributed by atoms with van der Waals surface area (Å²) in [6.45, 7) is 4.07. The summed E-state index contributed by atoms with van der Waals surface area (Å²) in [6.07, 6.45) is 1.73. The lowest BCUT2D eigenvalue weighted by Crippen LogP contribution is -2.49. The fraction of sp³-hybridized carbons (Fsp3) is 0.917. The maximum absolute atomic E-state index is 11.9. The van der Waals surface area contributed by atoms with E-state index in [4.69, 9.17) is 9.47 Å². The van der Waals surface area contributed by atoms with Gasteiger partial charge in [0.2, 0.25) is 5.91 Å². The van der Waals surface area contributed by atoms with Crippen molar-refractivity contribution in [1.29, 1.82) is 0 Å². The summed E-state index contributed by atoms with van der Waals surface area (Å²) in [4.78, 5) is 11.9. The van der Waals surface area contributed by atoms with Crippen LogP contribution in [0.1, 0.15) is 26.2 Å². The van der Waals surface area contributed by atoms with Crippen molar-refractivity contribution in [3.05, 3.63) is 0 Å². The lowest BCUT2D eigenvalue weighted by molar-refractivity contribution is -0.134. The minimum atomic E-state index is -0.810. The van der Waals surface area contributed by atoms with Gasteiger partial charge in [-0.15, -0.1) is 0 Å². The molecular formula is C12H21NO4. The van der Waals surface area contributed by atoms with Crippen LogP contribution in [0.3, 0.4) is 0 Å². The molecule has 0 radical (unpaired) electrons. The molecule has 1 amide bonds. The van der Waals surface area contributed by atoms with E-state index in [2.05, 4.69) is 5.32 Å². The zero-order valence-electron chi connectivity index (χ0n) is 10.3. The van der Waals surface area contributed by atoms with Crippen LogP contribution in [0.2, 0.25) is 0 Å². The first kappa shape index (κ1) is 12.8. The average molecular weight is 243 g/mol. The molecule has 0 spiro atoms. The Morgan fingerprint density at radius 3 is 2.71 bits per heavy atom. The van der Waals surface area contributed by atoms with Gasteiger partial charge in [0.25, 0.3) is 0 Å². The molecule has 0 aromatic heterocycles. The highest BCUT2D eigenvalue weighted by molar-refractivity contribution is 5.81. The van der Waals surface area contributed by atoms with Gasteiger partial charge in [0.05, 0.1) is 5.60 Å². The van der Waals surface area contributed by atoms with Crippen molar-refractivity contribution in [1.82, 2.24) is 5.32 Å². The molecule has 2 heterocycles. The molecule has 0 aromatic rings. The maximum atomic E-state index is 11.9. The maximum Gasteiger partial charge on any atom is 0.249 e. The first-order valence-corrected chi connectivity index (χ1v) is 6.30. The minimum Gasteiger partial charge on any atom is -0.388 e. The van der Waals surface area contributed by atoms with Gasteiger partial charge in [-0.05, 0) is 12.3 Å². The molecule has 17 heavy (non-hydrogen) atoms. The third-order valence-electron chi connectivity index (χ3n) is 3.66. The molecule has 98 valence electrons. The van der Waals surface area contributed by atoms with E-state index in [1.54, 1.807) is 0 Å². The second kappa shape index (κ2) is 5.33. The molecule has 2 aliphatic rings. The van der Waals surface area contributed by atoms with Crippen LogP contribution in [-0.4, -0.2) is 49.1 Å². The quantitative estimate of drug-likeness (QED) is 0.736. The van der Waals surface area contributed by atoms with Crippen LogP contribution in [0.15, 0.2) is 0 Å². The molecule has 2 aliphatic heterocycles. The second-order valence-electron chi connectivity index (χ2n) is 5.11. The number of carbonyl (C=O) groups excluding carboxylic acids is 1. The van der Waals surface area contributed by atoms with Crippen LogP contribution >= 0.6 is 0 Å². The van der Waals surface area contributed by atoms with E-state index >= 15 is 0 Å². The normalized spacial score (nSPS) is 32.4. The van der Waals surface area contributed by atoms with Crippen LogP contribution in [0, 0.1) is 5.92 Å². The Bertz CT molecular complexity index is 276. The average Bonchev–Trinajstić information content (AvgIpc) is 2.74. The van der Waals surface area contributed by atoms with Crippen LogP contribution < -0.4 is 5.32 Å². The smallest absolute Gasteiger partial charge is 0.249 e. The summed E-state index contributed by atoms with van der Waals surface area (Å²) in [7, 11) is 0.